The molecule has 17 nitrogen and oxygen atoms in total. The highest BCUT2D eigenvalue weighted by Crippen LogP contribution is 2.70. The Balaban J connectivity index is 0.916. The van der Waals surface area contributed by atoms with E-state index in [9.17, 15) is 40.5 Å². The van der Waals surface area contributed by atoms with Crippen LogP contribution in [0, 0.1) is 46.3 Å². The maximum Gasteiger partial charge on any atom is 0.303 e. The normalized spacial score (nSPS) is 55.6. The average Bonchev–Trinajstić information content (AvgIpc) is 3.70. The van der Waals surface area contributed by atoms with E-state index < -0.39 is 104 Å². The van der Waals surface area contributed by atoms with Crippen molar-refractivity contribution in [3.63, 3.8) is 0 Å². The van der Waals surface area contributed by atoms with Crippen LogP contribution in [0.1, 0.15) is 99.3 Å². The van der Waals surface area contributed by atoms with Gasteiger partial charge in [0.15, 0.2) is 30.8 Å². The molecule has 0 aromatic heterocycles. The number of hydrogen-bond acceptors (Lipinski definition) is 17. The maximum absolute atomic E-state index is 12.0. The molecule has 5 saturated heterocycles. The quantitative estimate of drug-likeness (QED) is 0.135. The van der Waals surface area contributed by atoms with Gasteiger partial charge in [0, 0.05) is 19.3 Å². The van der Waals surface area contributed by atoms with Crippen molar-refractivity contribution in [1.29, 1.82) is 0 Å². The van der Waals surface area contributed by atoms with Crippen LogP contribution >= 0.6 is 0 Å². The Morgan fingerprint density at radius 2 is 1.54 bits per heavy atom. The third-order valence-electron chi connectivity index (χ3n) is 17.6. The fourth-order valence-corrected chi connectivity index (χ4v) is 14.1. The van der Waals surface area contributed by atoms with E-state index in [1.54, 1.807) is 6.92 Å². The van der Waals surface area contributed by atoms with Crippen LogP contribution in [0.25, 0.3) is 0 Å². The first-order valence-corrected chi connectivity index (χ1v) is 23.7. The number of rotatable bonds is 8. The molecule has 0 aromatic rings. The van der Waals surface area contributed by atoms with Gasteiger partial charge < -0.3 is 78.4 Å². The van der Waals surface area contributed by atoms with Crippen LogP contribution in [0.15, 0.2) is 11.6 Å². The average molecular weight is 897 g/mol. The maximum atomic E-state index is 12.0. The van der Waals surface area contributed by atoms with Gasteiger partial charge in [0.05, 0.1) is 38.1 Å². The zero-order valence-corrected chi connectivity index (χ0v) is 37.5. The molecule has 25 atom stereocenters. The van der Waals surface area contributed by atoms with E-state index >= 15 is 0 Å². The Morgan fingerprint density at radius 3 is 2.25 bits per heavy atom. The van der Waals surface area contributed by atoms with Crippen molar-refractivity contribution in [2.24, 2.45) is 46.3 Å². The SMILES string of the molecule is CC(=O)OC1C(C)OC(OC2C(OC3CCC4(C)C(=CCC5C4CCC4(C)C5CC5OC6(CCC(C)CO6)C(C)C54)C3)OC(CO)C(OC3OCC(O)C(O)C3O)C2O)C(O)C1O. The molecule has 8 fully saturated rings. The minimum Gasteiger partial charge on any atom is -0.457 e. The van der Waals surface area contributed by atoms with Crippen molar-refractivity contribution in [1.82, 2.24) is 0 Å². The highest BCUT2D eigenvalue weighted by Gasteiger charge is 2.69. The second-order valence-corrected chi connectivity index (χ2v) is 21.2. The standard InChI is InChI=1S/C46H72O17/c1-20-9-14-46(56-18-20)21(2)32-30(63-46)16-28-26-8-7-24-15-25(10-12-44(24,5)27(26)11-13-45(28,32)6)59-43-40(62-42-36(53)34(51)38(22(3)57-42)58-23(4)48)37(54)39(31(17-47)60-43)61-41-35(52)33(50)29(49)19-55-41/h7,20-22,25-43,47,49-54H,8-19H2,1-6H3. The van der Waals surface area contributed by atoms with Crippen LogP contribution in [-0.2, 0) is 47.4 Å². The third kappa shape index (κ3) is 7.97. The van der Waals surface area contributed by atoms with Crippen LogP contribution < -0.4 is 0 Å². The molecule has 63 heavy (non-hydrogen) atoms. The summed E-state index contributed by atoms with van der Waals surface area (Å²) in [6.45, 7) is 12.1. The number of allylic oxidation sites excluding steroid dienone is 1. The zero-order valence-electron chi connectivity index (χ0n) is 37.5. The Morgan fingerprint density at radius 1 is 0.794 bits per heavy atom. The number of carbonyl (C=O) groups is 1. The van der Waals surface area contributed by atoms with Gasteiger partial charge in [-0.25, -0.2) is 0 Å². The Bertz CT molecular complexity index is 1670. The summed E-state index contributed by atoms with van der Waals surface area (Å²) in [4.78, 5) is 11.8. The van der Waals surface area contributed by atoms with Crippen LogP contribution in [0.3, 0.4) is 0 Å². The Labute approximate surface area is 369 Å². The van der Waals surface area contributed by atoms with E-state index in [2.05, 4.69) is 33.8 Å². The van der Waals surface area contributed by atoms with E-state index in [1.807, 2.05) is 0 Å². The number of esters is 1. The molecule has 0 amide bonds. The number of ether oxygens (including phenoxy) is 9. The molecule has 7 N–H and O–H groups in total. The molecule has 3 saturated carbocycles. The summed E-state index contributed by atoms with van der Waals surface area (Å²) in [6.07, 6.45) is -9.46. The molecule has 5 aliphatic heterocycles. The molecular formula is C46H72O17. The van der Waals surface area contributed by atoms with E-state index in [-0.39, 0.29) is 29.6 Å². The first-order valence-electron chi connectivity index (χ1n) is 23.7. The highest BCUT2D eigenvalue weighted by molar-refractivity contribution is 5.66. The van der Waals surface area contributed by atoms with Gasteiger partial charge in [-0.05, 0) is 98.7 Å². The molecule has 1 spiro atoms. The summed E-state index contributed by atoms with van der Waals surface area (Å²) in [5, 5.41) is 75.8. The lowest BCUT2D eigenvalue weighted by Gasteiger charge is -2.58. The predicted molar refractivity (Wildman–Crippen MR) is 218 cm³/mol. The minimum atomic E-state index is -1.73. The second-order valence-electron chi connectivity index (χ2n) is 21.2. The number of aliphatic hydroxyl groups excluding tert-OH is 7. The molecule has 358 valence electrons. The molecule has 0 radical (unpaired) electrons. The van der Waals surface area contributed by atoms with Gasteiger partial charge in [-0.15, -0.1) is 0 Å². The molecule has 25 unspecified atom stereocenters. The number of hydrogen-bond donors (Lipinski definition) is 7. The lowest BCUT2D eigenvalue weighted by molar-refractivity contribution is -0.386. The van der Waals surface area contributed by atoms with Crippen molar-refractivity contribution >= 4 is 5.97 Å². The molecular weight excluding hydrogens is 824 g/mol. The molecule has 0 aromatic carbocycles. The smallest absolute Gasteiger partial charge is 0.303 e. The second kappa shape index (κ2) is 17.6. The monoisotopic (exact) mass is 896 g/mol. The van der Waals surface area contributed by atoms with Gasteiger partial charge >= 0.3 is 5.97 Å². The largest absolute Gasteiger partial charge is 0.457 e. The topological polar surface area (TPSA) is 242 Å². The van der Waals surface area contributed by atoms with Gasteiger partial charge in [-0.1, -0.05) is 39.3 Å². The molecule has 0 bridgehead atoms. The molecule has 5 heterocycles. The molecule has 9 aliphatic rings. The third-order valence-corrected chi connectivity index (χ3v) is 17.6. The summed E-state index contributed by atoms with van der Waals surface area (Å²) in [5.41, 5.74) is 1.50. The molecule has 17 heteroatoms. The molecule has 9 rings (SSSR count). The summed E-state index contributed by atoms with van der Waals surface area (Å²) >= 11 is 0. The fraction of sp³-hybridized carbons (Fsp3) is 0.935. The van der Waals surface area contributed by atoms with Crippen LogP contribution in [0.5, 0.6) is 0 Å². The Hall–Kier alpha value is -1.39. The molecule has 4 aliphatic carbocycles. The van der Waals surface area contributed by atoms with Crippen molar-refractivity contribution < 1.29 is 83.2 Å². The van der Waals surface area contributed by atoms with Gasteiger partial charge in [0.2, 0.25) is 0 Å². The van der Waals surface area contributed by atoms with E-state index in [0.29, 0.717) is 48.3 Å². The predicted octanol–water partition coefficient (Wildman–Crippen LogP) is 1.42. The number of carbonyl (C=O) groups excluding carboxylic acids is 1. The Kier molecular flexibility index (Phi) is 13.1. The minimum absolute atomic E-state index is 0.0304. The van der Waals surface area contributed by atoms with Crippen molar-refractivity contribution in [3.05, 3.63) is 11.6 Å². The first-order chi connectivity index (χ1) is 29.9. The van der Waals surface area contributed by atoms with Crippen LogP contribution in [0.4, 0.5) is 0 Å². The lowest BCUT2D eigenvalue weighted by Crippen LogP contribution is -2.66. The highest BCUT2D eigenvalue weighted by atomic mass is 16.8. The van der Waals surface area contributed by atoms with Gasteiger partial charge in [-0.2, -0.15) is 0 Å². The van der Waals surface area contributed by atoms with Crippen molar-refractivity contribution in [2.75, 3.05) is 19.8 Å². The van der Waals surface area contributed by atoms with Gasteiger partial charge in [0.25, 0.3) is 0 Å². The van der Waals surface area contributed by atoms with Gasteiger partial charge in [-0.3, -0.25) is 4.79 Å². The first kappa shape index (κ1) is 46.7. The van der Waals surface area contributed by atoms with Crippen LogP contribution in [-0.4, -0.2) is 166 Å². The summed E-state index contributed by atoms with van der Waals surface area (Å²) in [5.74, 6) is 1.90. The summed E-state index contributed by atoms with van der Waals surface area (Å²) < 4.78 is 55.4. The van der Waals surface area contributed by atoms with E-state index in [0.717, 1.165) is 51.6 Å². The van der Waals surface area contributed by atoms with Gasteiger partial charge in [0.1, 0.15) is 54.9 Å². The van der Waals surface area contributed by atoms with E-state index in [1.165, 1.54) is 12.5 Å². The fourth-order valence-electron chi connectivity index (χ4n) is 14.1. The number of fused-ring (bicyclic) bond motifs is 7. The number of aliphatic hydroxyl groups is 7. The summed E-state index contributed by atoms with van der Waals surface area (Å²) in [6, 6.07) is 0. The zero-order chi connectivity index (χ0) is 44.9. The summed E-state index contributed by atoms with van der Waals surface area (Å²) in [7, 11) is 0. The van der Waals surface area contributed by atoms with Crippen LogP contribution in [0.2, 0.25) is 0 Å². The van der Waals surface area contributed by atoms with Crippen molar-refractivity contribution in [3.8, 4) is 0 Å². The van der Waals surface area contributed by atoms with E-state index in [4.69, 9.17) is 42.6 Å². The lowest BCUT2D eigenvalue weighted by atomic mass is 9.47. The van der Waals surface area contributed by atoms with Crippen molar-refractivity contribution in [2.45, 2.75) is 203 Å².